The highest BCUT2D eigenvalue weighted by Crippen LogP contribution is 2.33. The number of nitrogens with zero attached hydrogens (tertiary/aromatic N) is 4. The number of carbonyl (C=O) groups excluding carboxylic acids is 1. The van der Waals surface area contributed by atoms with Gasteiger partial charge in [0.1, 0.15) is 11.8 Å². The first kappa shape index (κ1) is 34.0. The maximum Gasteiger partial charge on any atom is 0.407 e. The molecule has 0 aliphatic carbocycles. The van der Waals surface area contributed by atoms with Gasteiger partial charge in [-0.05, 0) is 61.0 Å². The highest BCUT2D eigenvalue weighted by Gasteiger charge is 2.34. The van der Waals surface area contributed by atoms with Crippen LogP contribution in [0, 0.1) is 11.3 Å². The van der Waals surface area contributed by atoms with Crippen LogP contribution in [-0.2, 0) is 16.7 Å². The normalized spacial score (nSPS) is 18.8. The number of benzene rings is 1. The number of nitrogens with two attached hydrogens (primary N) is 2. The number of aromatic nitrogens is 3. The first-order valence-corrected chi connectivity index (χ1v) is 15.8. The van der Waals surface area contributed by atoms with Crippen LogP contribution in [0.25, 0.3) is 16.7 Å². The van der Waals surface area contributed by atoms with E-state index < -0.39 is 0 Å². The molecule has 2 fully saturated rings. The van der Waals surface area contributed by atoms with Crippen LogP contribution < -0.4 is 27.8 Å². The van der Waals surface area contributed by atoms with E-state index in [1.807, 2.05) is 30.5 Å². The van der Waals surface area contributed by atoms with Gasteiger partial charge in [0.15, 0.2) is 5.96 Å². The van der Waals surface area contributed by atoms with Gasteiger partial charge in [-0.1, -0.05) is 53.7 Å². The molecule has 5 rings (SSSR count). The predicted molar refractivity (Wildman–Crippen MR) is 180 cm³/mol. The lowest BCUT2D eigenvalue weighted by molar-refractivity contribution is 0.112. The van der Waals surface area contributed by atoms with Crippen LogP contribution in [0.5, 0.6) is 0 Å². The van der Waals surface area contributed by atoms with Crippen LogP contribution >= 0.6 is 0 Å². The molecule has 2 atom stereocenters. The summed E-state index contributed by atoms with van der Waals surface area (Å²) in [6, 6.07) is 9.93. The Hall–Kier alpha value is -3.90. The summed E-state index contributed by atoms with van der Waals surface area (Å²) in [5.74, 6) is 0.885. The zero-order valence-electron chi connectivity index (χ0n) is 27.7. The summed E-state index contributed by atoms with van der Waals surface area (Å²) in [7, 11) is 0. The Morgan fingerprint density at radius 3 is 2.47 bits per heavy atom. The van der Waals surface area contributed by atoms with Crippen LogP contribution in [0.3, 0.4) is 0 Å². The Morgan fingerprint density at radius 2 is 1.87 bits per heavy atom. The molecule has 3 aromatic rings. The zero-order valence-corrected chi connectivity index (χ0v) is 27.7. The average Bonchev–Trinajstić information content (AvgIpc) is 3.70. The van der Waals surface area contributed by atoms with E-state index >= 15 is 0 Å². The monoisotopic (exact) mass is 621 g/mol. The van der Waals surface area contributed by atoms with Crippen molar-refractivity contribution in [2.24, 2.45) is 27.8 Å². The molecule has 2 saturated heterocycles. The Bertz CT molecular complexity index is 1510. The fourth-order valence-electron chi connectivity index (χ4n) is 5.53. The summed E-state index contributed by atoms with van der Waals surface area (Å²) in [4.78, 5) is 37.2. The standard InChI is InChI=1S/C21H29N7O.C12H22N2O2/c1-21(2,3)17-11-15-13-28(20(29)27-18(15)26-17)16-7-5-14(6-8-16)12-24-9-4-10-25-19(22)23;1-12(2,3)9-4-5-14(7-9)8-10-6-13-11(15)16-10/h5-8,11,13,24H,4,9-10,12H2,1-3H3,(H4,22,23,25)(H,26,27,29);9-10H,4-8H2,1-3H3,(H,13,15). The number of nitrogens with one attached hydrogen (secondary N) is 3. The molecule has 12 heteroatoms. The molecular weight excluding hydrogens is 570 g/mol. The molecule has 12 nitrogen and oxygen atoms in total. The van der Waals surface area contributed by atoms with Crippen LogP contribution in [-0.4, -0.2) is 76.9 Å². The van der Waals surface area contributed by atoms with Crippen molar-refractivity contribution in [1.29, 1.82) is 0 Å². The van der Waals surface area contributed by atoms with Crippen LogP contribution in [0.15, 0.2) is 46.3 Å². The summed E-state index contributed by atoms with van der Waals surface area (Å²) in [5.41, 5.74) is 14.3. The van der Waals surface area contributed by atoms with Gasteiger partial charge in [-0.2, -0.15) is 4.98 Å². The van der Waals surface area contributed by atoms with Crippen molar-refractivity contribution in [3.63, 3.8) is 0 Å². The molecule has 2 aliphatic rings. The highest BCUT2D eigenvalue weighted by atomic mass is 16.6. The van der Waals surface area contributed by atoms with Crippen molar-refractivity contribution in [1.82, 2.24) is 30.1 Å². The van der Waals surface area contributed by atoms with Gasteiger partial charge in [0.2, 0.25) is 0 Å². The predicted octanol–water partition coefficient (Wildman–Crippen LogP) is 3.23. The molecule has 0 bridgehead atoms. The van der Waals surface area contributed by atoms with Crippen LogP contribution in [0.2, 0.25) is 0 Å². The molecule has 0 radical (unpaired) electrons. The number of ether oxygens (including phenoxy) is 1. The lowest BCUT2D eigenvalue weighted by atomic mass is 9.80. The smallest absolute Gasteiger partial charge is 0.407 e. The molecule has 45 heavy (non-hydrogen) atoms. The van der Waals surface area contributed by atoms with E-state index in [9.17, 15) is 9.59 Å². The molecule has 4 heterocycles. The second kappa shape index (κ2) is 14.5. The molecule has 1 amide bonds. The number of aliphatic imine (C=N–C) groups is 1. The van der Waals surface area contributed by atoms with Crippen molar-refractivity contribution >= 4 is 23.1 Å². The van der Waals surface area contributed by atoms with Crippen molar-refractivity contribution in [2.75, 3.05) is 39.3 Å². The van der Waals surface area contributed by atoms with Crippen LogP contribution in [0.1, 0.15) is 65.6 Å². The number of rotatable bonds is 9. The van der Waals surface area contributed by atoms with Gasteiger partial charge in [0.25, 0.3) is 0 Å². The first-order valence-electron chi connectivity index (χ1n) is 15.8. The quantitative estimate of drug-likeness (QED) is 0.138. The van der Waals surface area contributed by atoms with Gasteiger partial charge in [0.05, 0.1) is 12.2 Å². The molecule has 2 unspecified atom stereocenters. The Labute approximate surface area is 266 Å². The maximum absolute atomic E-state index is 12.5. The van der Waals surface area contributed by atoms with Gasteiger partial charge in [-0.25, -0.2) is 9.59 Å². The molecule has 0 saturated carbocycles. The molecule has 246 valence electrons. The van der Waals surface area contributed by atoms with Crippen molar-refractivity contribution in [3.05, 3.63) is 58.3 Å². The number of H-pyrrole nitrogens is 1. The van der Waals surface area contributed by atoms with E-state index in [2.05, 4.69) is 78.1 Å². The first-order chi connectivity index (χ1) is 21.2. The third kappa shape index (κ3) is 9.79. The zero-order chi connectivity index (χ0) is 32.8. The SMILES string of the molecule is CC(C)(C)C1CCN(CC2CNC(=O)O2)C1.CC(C)(C)c1cc2cn(-c3ccc(CNCCCN=C(N)N)cc3)c(=O)nc2[nH]1. The average molecular weight is 622 g/mol. The van der Waals surface area contributed by atoms with Gasteiger partial charge in [-0.3, -0.25) is 14.5 Å². The summed E-state index contributed by atoms with van der Waals surface area (Å²) >= 11 is 0. The molecule has 0 spiro atoms. The second-order valence-corrected chi connectivity index (χ2v) is 14.2. The maximum atomic E-state index is 12.5. The third-order valence-electron chi connectivity index (χ3n) is 8.37. The summed E-state index contributed by atoms with van der Waals surface area (Å²) in [5, 5.41) is 6.97. The number of alkyl carbamates (subject to hydrolysis) is 1. The van der Waals surface area contributed by atoms with E-state index in [-0.39, 0.29) is 29.3 Å². The number of aromatic amines is 1. The van der Waals surface area contributed by atoms with E-state index in [0.717, 1.165) is 67.4 Å². The summed E-state index contributed by atoms with van der Waals surface area (Å²) < 4.78 is 6.73. The minimum Gasteiger partial charge on any atom is -0.443 e. The third-order valence-corrected chi connectivity index (χ3v) is 8.37. The van der Waals surface area contributed by atoms with Gasteiger partial charge in [0, 0.05) is 48.9 Å². The topological polar surface area (TPSA) is 169 Å². The number of fused-ring (bicyclic) bond motifs is 1. The Morgan fingerprint density at radius 1 is 1.13 bits per heavy atom. The largest absolute Gasteiger partial charge is 0.443 e. The number of cyclic esters (lactones) is 1. The van der Waals surface area contributed by atoms with Crippen LogP contribution in [0.4, 0.5) is 4.79 Å². The number of amides is 1. The number of guanidine groups is 1. The van der Waals surface area contributed by atoms with E-state index in [1.165, 1.54) is 6.42 Å². The Balaban J connectivity index is 0.000000242. The number of hydrogen-bond donors (Lipinski definition) is 5. The number of likely N-dealkylation sites (tertiary alicyclic amines) is 1. The molecule has 1 aromatic carbocycles. The lowest BCUT2D eigenvalue weighted by Crippen LogP contribution is -2.34. The van der Waals surface area contributed by atoms with Gasteiger partial charge in [-0.15, -0.1) is 0 Å². The lowest BCUT2D eigenvalue weighted by Gasteiger charge is -2.27. The van der Waals surface area contributed by atoms with Gasteiger partial charge >= 0.3 is 11.8 Å². The number of hydrogen-bond acceptors (Lipinski definition) is 7. The molecule has 7 N–H and O–H groups in total. The Kier molecular flexibility index (Phi) is 10.9. The van der Waals surface area contributed by atoms with Gasteiger partial charge < -0.3 is 31.8 Å². The van der Waals surface area contributed by atoms with Crippen molar-refractivity contribution < 1.29 is 9.53 Å². The highest BCUT2D eigenvalue weighted by molar-refractivity contribution is 5.76. The molecule has 2 aromatic heterocycles. The fourth-order valence-corrected chi connectivity index (χ4v) is 5.53. The second-order valence-electron chi connectivity index (χ2n) is 14.2. The molecule has 2 aliphatic heterocycles. The van der Waals surface area contributed by atoms with Crippen molar-refractivity contribution in [3.8, 4) is 5.69 Å². The minimum atomic E-state index is -0.301. The summed E-state index contributed by atoms with van der Waals surface area (Å²) in [6.07, 6.45) is 3.75. The van der Waals surface area contributed by atoms with E-state index in [0.29, 0.717) is 24.2 Å². The number of carbonyl (C=O) groups is 1. The summed E-state index contributed by atoms with van der Waals surface area (Å²) in [6.45, 7) is 19.3. The van der Waals surface area contributed by atoms with E-state index in [1.54, 1.807) is 4.57 Å². The van der Waals surface area contributed by atoms with E-state index in [4.69, 9.17) is 16.2 Å². The van der Waals surface area contributed by atoms with Crippen molar-refractivity contribution in [2.45, 2.75) is 72.4 Å². The minimum absolute atomic E-state index is 0.0352. The fraction of sp³-hybridized carbons (Fsp3) is 0.576. The molecular formula is C33H51N9O3.